The van der Waals surface area contributed by atoms with Crippen LogP contribution in [0.1, 0.15) is 21.9 Å². The third-order valence-corrected chi connectivity index (χ3v) is 4.09. The molecule has 8 nitrogen and oxygen atoms in total. The number of halogens is 1. The van der Waals surface area contributed by atoms with Crippen molar-refractivity contribution in [2.45, 2.75) is 13.8 Å². The molecule has 0 saturated carbocycles. The van der Waals surface area contributed by atoms with Crippen molar-refractivity contribution in [3.63, 3.8) is 0 Å². The molecule has 3 aromatic rings. The lowest BCUT2D eigenvalue weighted by Gasteiger charge is -2.06. The number of rotatable bonds is 6. The van der Waals surface area contributed by atoms with Crippen LogP contribution in [-0.2, 0) is 7.05 Å². The minimum atomic E-state index is -0.265. The minimum Gasteiger partial charge on any atom is -0.492 e. The van der Waals surface area contributed by atoms with E-state index in [0.717, 1.165) is 17.0 Å². The van der Waals surface area contributed by atoms with E-state index in [-0.39, 0.29) is 18.3 Å². The Hall–Kier alpha value is -2.84. The van der Waals surface area contributed by atoms with E-state index in [9.17, 15) is 4.79 Å². The number of nitrogens with zero attached hydrogens (tertiary/aromatic N) is 3. The van der Waals surface area contributed by atoms with Gasteiger partial charge in [-0.15, -0.1) is 12.4 Å². The highest BCUT2D eigenvalue weighted by Crippen LogP contribution is 2.25. The van der Waals surface area contributed by atoms with E-state index in [1.807, 2.05) is 20.9 Å². The van der Waals surface area contributed by atoms with Gasteiger partial charge in [-0.1, -0.05) is 0 Å². The molecule has 1 aromatic carbocycles. The van der Waals surface area contributed by atoms with Gasteiger partial charge in [-0.2, -0.15) is 10.2 Å². The first-order valence-electron chi connectivity index (χ1n) is 8.30. The maximum atomic E-state index is 12.4. The number of H-pyrrole nitrogens is 1. The predicted molar refractivity (Wildman–Crippen MR) is 106 cm³/mol. The van der Waals surface area contributed by atoms with E-state index >= 15 is 0 Å². The number of benzene rings is 1. The van der Waals surface area contributed by atoms with Crippen molar-refractivity contribution in [1.29, 1.82) is 0 Å². The summed E-state index contributed by atoms with van der Waals surface area (Å²) in [4.78, 5) is 12.4. The van der Waals surface area contributed by atoms with E-state index < -0.39 is 0 Å². The number of anilines is 1. The zero-order valence-corrected chi connectivity index (χ0v) is 16.3. The van der Waals surface area contributed by atoms with Crippen molar-refractivity contribution in [2.24, 2.45) is 12.8 Å². The average molecular weight is 391 g/mol. The predicted octanol–water partition coefficient (Wildman–Crippen LogP) is 2.44. The second-order valence-corrected chi connectivity index (χ2v) is 5.95. The van der Waals surface area contributed by atoms with Crippen LogP contribution in [0.15, 0.2) is 30.3 Å². The van der Waals surface area contributed by atoms with Crippen LogP contribution in [0.2, 0.25) is 0 Å². The molecular formula is C18H23ClN6O2. The molecule has 9 heteroatoms. The quantitative estimate of drug-likeness (QED) is 0.598. The summed E-state index contributed by atoms with van der Waals surface area (Å²) < 4.78 is 7.21. The highest BCUT2D eigenvalue weighted by molar-refractivity contribution is 6.03. The lowest BCUT2D eigenvalue weighted by molar-refractivity contribution is 0.102. The molecule has 2 heterocycles. The van der Waals surface area contributed by atoms with Gasteiger partial charge in [0.1, 0.15) is 18.1 Å². The molecule has 1 amide bonds. The van der Waals surface area contributed by atoms with Gasteiger partial charge in [0.2, 0.25) is 0 Å². The van der Waals surface area contributed by atoms with Gasteiger partial charge in [-0.3, -0.25) is 14.6 Å². The largest absolute Gasteiger partial charge is 0.492 e. The van der Waals surface area contributed by atoms with Crippen LogP contribution < -0.4 is 15.8 Å². The topological polar surface area (TPSA) is 111 Å². The van der Waals surface area contributed by atoms with Crippen molar-refractivity contribution in [1.82, 2.24) is 20.0 Å². The maximum Gasteiger partial charge on any atom is 0.273 e. The van der Waals surface area contributed by atoms with Gasteiger partial charge in [0.15, 0.2) is 0 Å². The van der Waals surface area contributed by atoms with Gasteiger partial charge in [0.05, 0.1) is 11.4 Å². The lowest BCUT2D eigenvalue weighted by Crippen LogP contribution is -2.12. The van der Waals surface area contributed by atoms with E-state index in [1.165, 1.54) is 0 Å². The standard InChI is InChI=1S/C18H22N6O2.ClH/c1-11-17(12(2)24(3)23-11)15-10-16(22-21-15)18(25)20-13-4-6-14(7-5-13)26-9-8-19;/h4-7,10H,8-9,19H2,1-3H3,(H,20,25)(H,21,22);1H. The van der Waals surface area contributed by atoms with Gasteiger partial charge in [-0.05, 0) is 44.2 Å². The highest BCUT2D eigenvalue weighted by atomic mass is 35.5. The van der Waals surface area contributed by atoms with Gasteiger partial charge < -0.3 is 15.8 Å². The fraction of sp³-hybridized carbons (Fsp3) is 0.278. The fourth-order valence-corrected chi connectivity index (χ4v) is 2.72. The van der Waals surface area contributed by atoms with Crippen LogP contribution in [0.4, 0.5) is 5.69 Å². The number of hydrogen-bond acceptors (Lipinski definition) is 5. The molecule has 0 spiro atoms. The Balaban J connectivity index is 0.00000261. The summed E-state index contributed by atoms with van der Waals surface area (Å²) in [5.41, 5.74) is 9.95. The maximum absolute atomic E-state index is 12.4. The van der Waals surface area contributed by atoms with Crippen LogP contribution in [0, 0.1) is 13.8 Å². The van der Waals surface area contributed by atoms with Crippen molar-refractivity contribution < 1.29 is 9.53 Å². The van der Waals surface area contributed by atoms with Crippen LogP contribution >= 0.6 is 12.4 Å². The molecule has 2 aromatic heterocycles. The summed E-state index contributed by atoms with van der Waals surface area (Å²) in [7, 11) is 1.88. The summed E-state index contributed by atoms with van der Waals surface area (Å²) in [6.45, 7) is 4.80. The molecule has 27 heavy (non-hydrogen) atoms. The average Bonchev–Trinajstić information content (AvgIpc) is 3.19. The van der Waals surface area contributed by atoms with Gasteiger partial charge in [0, 0.05) is 30.5 Å². The number of ether oxygens (including phenoxy) is 1. The monoisotopic (exact) mass is 390 g/mol. The molecule has 0 aliphatic heterocycles. The molecule has 0 saturated heterocycles. The molecule has 0 unspecified atom stereocenters. The Kier molecular flexibility index (Phi) is 6.59. The number of aromatic amines is 1. The van der Waals surface area contributed by atoms with Crippen LogP contribution in [-0.4, -0.2) is 39.0 Å². The number of amides is 1. The number of carbonyl (C=O) groups is 1. The summed E-state index contributed by atoms with van der Waals surface area (Å²) in [5, 5.41) is 14.3. The zero-order valence-electron chi connectivity index (χ0n) is 15.4. The van der Waals surface area contributed by atoms with Gasteiger partial charge >= 0.3 is 0 Å². The Labute approximate surface area is 163 Å². The second kappa shape index (κ2) is 8.70. The van der Waals surface area contributed by atoms with Crippen LogP contribution in [0.3, 0.4) is 0 Å². The molecule has 3 rings (SSSR count). The Morgan fingerprint density at radius 3 is 2.59 bits per heavy atom. The molecular weight excluding hydrogens is 368 g/mol. The minimum absolute atomic E-state index is 0. The summed E-state index contributed by atoms with van der Waals surface area (Å²) >= 11 is 0. The number of aromatic nitrogens is 4. The van der Waals surface area contributed by atoms with E-state index in [2.05, 4.69) is 20.6 Å². The van der Waals surface area contributed by atoms with Crippen molar-refractivity contribution in [3.8, 4) is 17.0 Å². The Morgan fingerprint density at radius 2 is 2.00 bits per heavy atom. The molecule has 0 radical (unpaired) electrons. The van der Waals surface area contributed by atoms with E-state index in [1.54, 1.807) is 35.0 Å². The summed E-state index contributed by atoms with van der Waals surface area (Å²) in [5.74, 6) is 0.443. The Bertz CT molecular complexity index is 917. The smallest absolute Gasteiger partial charge is 0.273 e. The van der Waals surface area contributed by atoms with Crippen molar-refractivity contribution >= 4 is 24.0 Å². The molecule has 0 bridgehead atoms. The fourth-order valence-electron chi connectivity index (χ4n) is 2.72. The second-order valence-electron chi connectivity index (χ2n) is 5.95. The number of nitrogens with one attached hydrogen (secondary N) is 2. The van der Waals surface area contributed by atoms with Crippen LogP contribution in [0.25, 0.3) is 11.3 Å². The third-order valence-electron chi connectivity index (χ3n) is 4.09. The molecule has 144 valence electrons. The third kappa shape index (κ3) is 4.47. The molecule has 4 N–H and O–H groups in total. The highest BCUT2D eigenvalue weighted by Gasteiger charge is 2.17. The van der Waals surface area contributed by atoms with Gasteiger partial charge in [0.25, 0.3) is 5.91 Å². The molecule has 0 fully saturated rings. The number of hydrogen-bond donors (Lipinski definition) is 3. The molecule has 0 aliphatic rings. The Morgan fingerprint density at radius 1 is 1.30 bits per heavy atom. The van der Waals surface area contributed by atoms with Gasteiger partial charge in [-0.25, -0.2) is 0 Å². The molecule has 0 atom stereocenters. The normalized spacial score (nSPS) is 10.4. The first-order chi connectivity index (χ1) is 12.5. The van der Waals surface area contributed by atoms with Crippen molar-refractivity contribution in [3.05, 3.63) is 47.4 Å². The SMILES string of the molecule is Cc1nn(C)c(C)c1-c1cc(C(=O)Nc2ccc(OCCN)cc2)[nH]n1.Cl. The number of carbonyl (C=O) groups excluding carboxylic acids is 1. The number of aryl methyl sites for hydroxylation is 2. The lowest BCUT2D eigenvalue weighted by atomic mass is 10.1. The first kappa shape index (κ1) is 20.5. The molecule has 0 aliphatic carbocycles. The van der Waals surface area contributed by atoms with Crippen molar-refractivity contribution in [2.75, 3.05) is 18.5 Å². The van der Waals surface area contributed by atoms with E-state index in [0.29, 0.717) is 36.0 Å². The number of nitrogens with two attached hydrogens (primary N) is 1. The van der Waals surface area contributed by atoms with Crippen LogP contribution in [0.5, 0.6) is 5.75 Å². The summed E-state index contributed by atoms with van der Waals surface area (Å²) in [6.07, 6.45) is 0. The first-order valence-corrected chi connectivity index (χ1v) is 8.30. The van der Waals surface area contributed by atoms with E-state index in [4.69, 9.17) is 10.5 Å². The summed E-state index contributed by atoms with van der Waals surface area (Å²) in [6, 6.07) is 8.84. The zero-order chi connectivity index (χ0) is 18.7.